The SMILES string of the molecule is [Ti+2].c1c[cH-]c(-[c-]2[pH+]cc(C3CCCCC3)c2C2CCCCC2)c1.c1c[cH-]c(-[c-]2[pH+]cc(C3CCCCC3)c2C2CCCCC2)c1. The van der Waals surface area contributed by atoms with Crippen LogP contribution in [0.1, 0.15) is 174 Å². The number of hydrogen-bond donors (Lipinski definition) is 0. The van der Waals surface area contributed by atoms with Gasteiger partial charge in [-0.05, 0) is 96.8 Å². The van der Waals surface area contributed by atoms with Crippen LogP contribution in [0.25, 0.3) is 21.7 Å². The van der Waals surface area contributed by atoms with Gasteiger partial charge in [0.25, 0.3) is 0 Å². The summed E-state index contributed by atoms with van der Waals surface area (Å²) in [7, 11) is 1.84. The average molecular weight is 671 g/mol. The molecule has 8 rings (SSSR count). The Morgan fingerprint density at radius 2 is 0.800 bits per heavy atom. The summed E-state index contributed by atoms with van der Waals surface area (Å²) in [5.41, 5.74) is 10.2. The van der Waals surface area contributed by atoms with Crippen molar-refractivity contribution in [2.45, 2.75) is 152 Å². The van der Waals surface area contributed by atoms with Gasteiger partial charge in [-0.2, -0.15) is 0 Å². The molecule has 0 aliphatic heterocycles. The largest absolute Gasteiger partial charge is 2.00 e. The third-order valence-electron chi connectivity index (χ3n) is 11.9. The van der Waals surface area contributed by atoms with Crippen molar-refractivity contribution < 1.29 is 21.7 Å². The van der Waals surface area contributed by atoms with Crippen molar-refractivity contribution in [1.82, 2.24) is 0 Å². The second-order valence-corrected chi connectivity index (χ2v) is 16.9. The van der Waals surface area contributed by atoms with E-state index in [-0.39, 0.29) is 21.7 Å². The predicted octanol–water partition coefficient (Wildman–Crippen LogP) is 14.4. The van der Waals surface area contributed by atoms with Crippen molar-refractivity contribution >= 4 is 16.4 Å². The van der Waals surface area contributed by atoms with Crippen molar-refractivity contribution in [2.75, 3.05) is 0 Å². The molecule has 2 aromatic carbocycles. The van der Waals surface area contributed by atoms with E-state index in [0.717, 1.165) is 40.1 Å². The van der Waals surface area contributed by atoms with Gasteiger partial charge in [0.05, 0.1) is 11.6 Å². The molecule has 45 heavy (non-hydrogen) atoms. The molecular weight excluding hydrogens is 614 g/mol. The molecule has 0 spiro atoms. The van der Waals surface area contributed by atoms with Crippen LogP contribution in [-0.2, 0) is 21.7 Å². The quantitative estimate of drug-likeness (QED) is 0.141. The molecule has 3 heteroatoms. The summed E-state index contributed by atoms with van der Waals surface area (Å²) >= 11 is 0. The van der Waals surface area contributed by atoms with Crippen molar-refractivity contribution in [3.63, 3.8) is 0 Å². The first-order valence-corrected chi connectivity index (χ1v) is 20.9. The van der Waals surface area contributed by atoms with Gasteiger partial charge in [0.1, 0.15) is 0 Å². The Morgan fingerprint density at radius 1 is 0.467 bits per heavy atom. The summed E-state index contributed by atoms with van der Waals surface area (Å²) in [5, 5.41) is 3.41. The van der Waals surface area contributed by atoms with Gasteiger partial charge in [0.2, 0.25) is 0 Å². The third kappa shape index (κ3) is 8.00. The van der Waals surface area contributed by atoms with E-state index in [0.29, 0.717) is 0 Å². The molecular formula is C42H56P2Ti. The molecule has 238 valence electrons. The van der Waals surface area contributed by atoms with Crippen LogP contribution >= 0.6 is 16.4 Å². The van der Waals surface area contributed by atoms with Crippen LogP contribution in [0.15, 0.2) is 60.1 Å². The zero-order valence-electron chi connectivity index (χ0n) is 27.7. The van der Waals surface area contributed by atoms with E-state index in [1.54, 1.807) is 21.7 Å². The maximum atomic E-state index is 2.64. The standard InChI is InChI=1S/2C21H28P.Ti/c2*1-3-9-16(10-4-1)19-15-22-21(18-13-7-8-14-18)20(19)17-11-5-2-6-12-17;/h2*7-8,13-17,22H,1-6,9-12H2;/q2*-1;+2. The fraction of sp³-hybridized carbons (Fsp3) is 0.571. The van der Waals surface area contributed by atoms with E-state index >= 15 is 0 Å². The molecule has 4 aromatic rings. The predicted molar refractivity (Wildman–Crippen MR) is 197 cm³/mol. The second kappa shape index (κ2) is 16.9. The van der Waals surface area contributed by atoms with Gasteiger partial charge in [0.15, 0.2) is 0 Å². The van der Waals surface area contributed by atoms with E-state index < -0.39 is 0 Å². The average Bonchev–Trinajstić information content (AvgIpc) is 3.93. The van der Waals surface area contributed by atoms with E-state index in [9.17, 15) is 0 Å². The Bertz CT molecular complexity index is 1270. The van der Waals surface area contributed by atoms with Gasteiger partial charge < -0.3 is 0 Å². The summed E-state index contributed by atoms with van der Waals surface area (Å²) in [5.74, 6) is 8.77. The van der Waals surface area contributed by atoms with Crippen LogP contribution in [0.2, 0.25) is 0 Å². The van der Waals surface area contributed by atoms with Gasteiger partial charge in [-0.15, -0.1) is 0 Å². The maximum Gasteiger partial charge on any atom is 2.00 e. The second-order valence-electron chi connectivity index (χ2n) is 14.8. The molecule has 4 fully saturated rings. The minimum Gasteiger partial charge on any atom is -0.299 e. The molecule has 0 amide bonds. The van der Waals surface area contributed by atoms with Crippen LogP contribution in [0.3, 0.4) is 0 Å². The minimum atomic E-state index is 0. The molecule has 0 radical (unpaired) electrons. The topological polar surface area (TPSA) is 0 Å². The van der Waals surface area contributed by atoms with Crippen LogP contribution in [0, 0.1) is 0 Å². The molecule has 0 nitrogen and oxygen atoms in total. The van der Waals surface area contributed by atoms with E-state index in [2.05, 4.69) is 60.1 Å². The Kier molecular flexibility index (Phi) is 12.7. The smallest absolute Gasteiger partial charge is 0.299 e. The summed E-state index contributed by atoms with van der Waals surface area (Å²) in [4.78, 5) is 0. The van der Waals surface area contributed by atoms with Gasteiger partial charge in [-0.1, -0.05) is 88.2 Å². The van der Waals surface area contributed by atoms with Crippen molar-refractivity contribution in [2.24, 2.45) is 0 Å². The minimum absolute atomic E-state index is 0. The molecule has 4 aliphatic rings. The molecule has 4 saturated carbocycles. The van der Waals surface area contributed by atoms with Crippen LogP contribution in [-0.4, -0.2) is 0 Å². The van der Waals surface area contributed by atoms with E-state index in [4.69, 9.17) is 0 Å². The van der Waals surface area contributed by atoms with Gasteiger partial charge >= 0.3 is 21.7 Å². The summed E-state index contributed by atoms with van der Waals surface area (Å²) in [6, 6.07) is 18.2. The molecule has 2 unspecified atom stereocenters. The number of hydrogen-bond acceptors (Lipinski definition) is 0. The van der Waals surface area contributed by atoms with Crippen molar-refractivity contribution in [3.05, 3.63) is 82.4 Å². The first-order chi connectivity index (χ1) is 21.9. The fourth-order valence-electron chi connectivity index (χ4n) is 9.62. The normalized spacial score (nSPS) is 21.2. The van der Waals surface area contributed by atoms with E-state index in [1.807, 2.05) is 11.1 Å². The molecule has 2 heterocycles. The first kappa shape index (κ1) is 33.9. The summed E-state index contributed by atoms with van der Waals surface area (Å²) < 4.78 is 0. The molecule has 0 bridgehead atoms. The summed E-state index contributed by atoms with van der Waals surface area (Å²) in [6.07, 6.45) is 29.0. The van der Waals surface area contributed by atoms with Crippen LogP contribution in [0.5, 0.6) is 0 Å². The molecule has 2 aromatic heterocycles. The fourth-order valence-corrected chi connectivity index (χ4v) is 12.7. The summed E-state index contributed by atoms with van der Waals surface area (Å²) in [6.45, 7) is 0. The Labute approximate surface area is 292 Å². The van der Waals surface area contributed by atoms with Crippen molar-refractivity contribution in [1.29, 1.82) is 0 Å². The molecule has 0 N–H and O–H groups in total. The van der Waals surface area contributed by atoms with Gasteiger partial charge in [-0.3, -0.25) is 24.3 Å². The molecule has 4 aliphatic carbocycles. The monoisotopic (exact) mass is 670 g/mol. The van der Waals surface area contributed by atoms with Gasteiger partial charge in [0, 0.05) is 16.4 Å². The zero-order valence-corrected chi connectivity index (χ0v) is 31.3. The van der Waals surface area contributed by atoms with Crippen molar-refractivity contribution in [3.8, 4) is 21.7 Å². The Balaban J connectivity index is 0.000000155. The van der Waals surface area contributed by atoms with Crippen LogP contribution < -0.4 is 0 Å². The first-order valence-electron chi connectivity index (χ1n) is 18.7. The molecule has 2 atom stereocenters. The Morgan fingerprint density at radius 3 is 1.11 bits per heavy atom. The van der Waals surface area contributed by atoms with Crippen LogP contribution in [0.4, 0.5) is 0 Å². The zero-order chi connectivity index (χ0) is 29.6. The molecule has 0 saturated heterocycles. The Hall–Kier alpha value is -1.03. The third-order valence-corrected chi connectivity index (χ3v) is 14.5. The maximum absolute atomic E-state index is 2.64. The van der Waals surface area contributed by atoms with E-state index in [1.165, 1.54) is 140 Å². The van der Waals surface area contributed by atoms with Gasteiger partial charge in [-0.25, -0.2) is 35.4 Å². The number of rotatable bonds is 6.